The molecule has 0 aliphatic carbocycles. The topological polar surface area (TPSA) is 58.1 Å². The molecule has 0 saturated heterocycles. The van der Waals surface area contributed by atoms with E-state index in [4.69, 9.17) is 0 Å². The summed E-state index contributed by atoms with van der Waals surface area (Å²) in [7, 11) is 0. The number of aryl methyl sites for hydroxylation is 2. The van der Waals surface area contributed by atoms with E-state index in [0.717, 1.165) is 34.7 Å². The summed E-state index contributed by atoms with van der Waals surface area (Å²) < 4.78 is 0. The van der Waals surface area contributed by atoms with E-state index in [1.807, 2.05) is 38.1 Å². The summed E-state index contributed by atoms with van der Waals surface area (Å²) in [6.07, 6.45) is 2.42. The van der Waals surface area contributed by atoms with Crippen molar-refractivity contribution >= 4 is 23.1 Å². The molecule has 1 unspecified atom stereocenters. The highest BCUT2D eigenvalue weighted by molar-refractivity contribution is 6.03. The molecule has 1 aromatic heterocycles. The van der Waals surface area contributed by atoms with Crippen molar-refractivity contribution in [3.05, 3.63) is 77.2 Å². The summed E-state index contributed by atoms with van der Waals surface area (Å²) in [4.78, 5) is 23.5. The van der Waals surface area contributed by atoms with E-state index in [9.17, 15) is 4.79 Å². The standard InChI is InChI=1S/C22H22N4O/c1-14-8-9-15(2)18(10-14)25-22(27)19-12-21(24-13-23-19)26-16(3)11-17-6-4-5-7-20(17)26/h4-10,12-13,16H,11H2,1-3H3,(H,25,27). The molecule has 0 spiro atoms. The van der Waals surface area contributed by atoms with Crippen LogP contribution in [0.25, 0.3) is 0 Å². The van der Waals surface area contributed by atoms with E-state index in [-0.39, 0.29) is 11.9 Å². The van der Waals surface area contributed by atoms with E-state index >= 15 is 0 Å². The first kappa shape index (κ1) is 17.2. The van der Waals surface area contributed by atoms with Gasteiger partial charge in [-0.05, 0) is 56.0 Å². The molecule has 1 aliphatic heterocycles. The highest BCUT2D eigenvalue weighted by Gasteiger charge is 2.28. The fourth-order valence-electron chi connectivity index (χ4n) is 3.57. The fraction of sp³-hybridized carbons (Fsp3) is 0.227. The van der Waals surface area contributed by atoms with Crippen molar-refractivity contribution in [2.75, 3.05) is 10.2 Å². The Morgan fingerprint density at radius 2 is 1.93 bits per heavy atom. The maximum atomic E-state index is 12.8. The number of nitrogens with zero attached hydrogens (tertiary/aromatic N) is 3. The monoisotopic (exact) mass is 358 g/mol. The van der Waals surface area contributed by atoms with Gasteiger partial charge >= 0.3 is 0 Å². The van der Waals surface area contributed by atoms with Gasteiger partial charge in [0.05, 0.1) is 0 Å². The molecule has 0 saturated carbocycles. The maximum absolute atomic E-state index is 12.8. The average molecular weight is 358 g/mol. The highest BCUT2D eigenvalue weighted by atomic mass is 16.1. The quantitative estimate of drug-likeness (QED) is 0.752. The zero-order valence-electron chi connectivity index (χ0n) is 15.7. The first-order valence-corrected chi connectivity index (χ1v) is 9.11. The molecule has 3 aromatic rings. The van der Waals surface area contributed by atoms with Crippen LogP contribution in [0.3, 0.4) is 0 Å². The van der Waals surface area contributed by atoms with E-state index in [1.165, 1.54) is 11.9 Å². The number of anilines is 3. The number of carbonyl (C=O) groups excluding carboxylic acids is 1. The van der Waals surface area contributed by atoms with E-state index in [0.29, 0.717) is 5.69 Å². The molecule has 0 radical (unpaired) electrons. The lowest BCUT2D eigenvalue weighted by molar-refractivity contribution is 0.102. The summed E-state index contributed by atoms with van der Waals surface area (Å²) in [6, 6.07) is 16.4. The largest absolute Gasteiger partial charge is 0.323 e. The number of hydrogen-bond donors (Lipinski definition) is 1. The van der Waals surface area contributed by atoms with Crippen molar-refractivity contribution in [2.45, 2.75) is 33.2 Å². The van der Waals surface area contributed by atoms with Crippen molar-refractivity contribution in [1.29, 1.82) is 0 Å². The number of aromatic nitrogens is 2. The van der Waals surface area contributed by atoms with Gasteiger partial charge in [-0.1, -0.05) is 30.3 Å². The SMILES string of the molecule is Cc1ccc(C)c(NC(=O)c2cc(N3c4ccccc4CC3C)ncn2)c1. The van der Waals surface area contributed by atoms with Crippen LogP contribution in [0, 0.1) is 13.8 Å². The van der Waals surface area contributed by atoms with Crippen LogP contribution in [0.15, 0.2) is 54.9 Å². The minimum atomic E-state index is -0.229. The van der Waals surface area contributed by atoms with Crippen LogP contribution in [0.4, 0.5) is 17.2 Å². The minimum Gasteiger partial charge on any atom is -0.323 e. The van der Waals surface area contributed by atoms with Crippen molar-refractivity contribution in [3.63, 3.8) is 0 Å². The molecule has 27 heavy (non-hydrogen) atoms. The third kappa shape index (κ3) is 3.28. The summed E-state index contributed by atoms with van der Waals surface area (Å²) in [6.45, 7) is 6.14. The van der Waals surface area contributed by atoms with E-state index in [2.05, 4.69) is 45.3 Å². The Labute approximate surface area is 159 Å². The number of carbonyl (C=O) groups is 1. The molecule has 2 aromatic carbocycles. The Morgan fingerprint density at radius 1 is 1.11 bits per heavy atom. The van der Waals surface area contributed by atoms with Gasteiger partial charge in [0.15, 0.2) is 0 Å². The Balaban J connectivity index is 1.63. The maximum Gasteiger partial charge on any atom is 0.274 e. The molecule has 5 nitrogen and oxygen atoms in total. The molecule has 5 heteroatoms. The number of hydrogen-bond acceptors (Lipinski definition) is 4. The lowest BCUT2D eigenvalue weighted by atomic mass is 10.1. The Morgan fingerprint density at radius 3 is 2.78 bits per heavy atom. The summed E-state index contributed by atoms with van der Waals surface area (Å²) in [5.74, 6) is 0.515. The van der Waals surface area contributed by atoms with Gasteiger partial charge in [-0.3, -0.25) is 4.79 Å². The van der Waals surface area contributed by atoms with E-state index in [1.54, 1.807) is 6.07 Å². The van der Waals surface area contributed by atoms with Gasteiger partial charge in [0.25, 0.3) is 5.91 Å². The first-order valence-electron chi connectivity index (χ1n) is 9.11. The lowest BCUT2D eigenvalue weighted by Crippen LogP contribution is -2.25. The third-order valence-electron chi connectivity index (χ3n) is 4.98. The van der Waals surface area contributed by atoms with Gasteiger partial charge in [0.1, 0.15) is 17.8 Å². The van der Waals surface area contributed by atoms with Gasteiger partial charge in [-0.2, -0.15) is 0 Å². The van der Waals surface area contributed by atoms with Gasteiger partial charge in [-0.15, -0.1) is 0 Å². The van der Waals surface area contributed by atoms with E-state index < -0.39 is 0 Å². The number of nitrogens with one attached hydrogen (secondary N) is 1. The molecule has 136 valence electrons. The smallest absolute Gasteiger partial charge is 0.274 e. The zero-order chi connectivity index (χ0) is 19.0. The number of fused-ring (bicyclic) bond motifs is 1. The van der Waals surface area contributed by atoms with Gasteiger partial charge in [-0.25, -0.2) is 9.97 Å². The molecule has 1 amide bonds. The Bertz CT molecular complexity index is 1010. The highest BCUT2D eigenvalue weighted by Crippen LogP contribution is 2.37. The van der Waals surface area contributed by atoms with Crippen molar-refractivity contribution < 1.29 is 4.79 Å². The molecule has 1 atom stereocenters. The van der Waals surface area contributed by atoms with Gasteiger partial charge in [0.2, 0.25) is 0 Å². The Hall–Kier alpha value is -3.21. The molecule has 1 aliphatic rings. The third-order valence-corrected chi connectivity index (χ3v) is 4.98. The fourth-order valence-corrected chi connectivity index (χ4v) is 3.57. The predicted molar refractivity (Wildman–Crippen MR) is 108 cm³/mol. The second-order valence-electron chi connectivity index (χ2n) is 7.09. The molecule has 2 heterocycles. The first-order chi connectivity index (χ1) is 13.0. The lowest BCUT2D eigenvalue weighted by Gasteiger charge is -2.23. The normalized spacial score (nSPS) is 15.5. The number of benzene rings is 2. The van der Waals surface area contributed by atoms with Crippen molar-refractivity contribution in [2.24, 2.45) is 0 Å². The molecule has 0 fully saturated rings. The average Bonchev–Trinajstić information content (AvgIpc) is 3.00. The number of rotatable bonds is 3. The molecular formula is C22H22N4O. The van der Waals surface area contributed by atoms with Crippen molar-refractivity contribution in [1.82, 2.24) is 9.97 Å². The van der Waals surface area contributed by atoms with Crippen LogP contribution >= 0.6 is 0 Å². The summed E-state index contributed by atoms with van der Waals surface area (Å²) in [5, 5.41) is 2.97. The molecular weight excluding hydrogens is 336 g/mol. The van der Waals surface area contributed by atoms with Crippen LogP contribution in [0.1, 0.15) is 34.1 Å². The second kappa shape index (κ2) is 6.83. The minimum absolute atomic E-state index is 0.229. The second-order valence-corrected chi connectivity index (χ2v) is 7.09. The number of para-hydroxylation sites is 1. The van der Waals surface area contributed by atoms with Gasteiger partial charge < -0.3 is 10.2 Å². The predicted octanol–water partition coefficient (Wildman–Crippen LogP) is 4.43. The zero-order valence-corrected chi connectivity index (χ0v) is 15.7. The van der Waals surface area contributed by atoms with Crippen molar-refractivity contribution in [3.8, 4) is 0 Å². The summed E-state index contributed by atoms with van der Waals surface area (Å²) >= 11 is 0. The van der Waals surface area contributed by atoms with Crippen LogP contribution in [0.2, 0.25) is 0 Å². The summed E-state index contributed by atoms with van der Waals surface area (Å²) in [5.41, 5.74) is 5.72. The van der Waals surface area contributed by atoms with Crippen LogP contribution < -0.4 is 10.2 Å². The van der Waals surface area contributed by atoms with Gasteiger partial charge in [0, 0.05) is 23.5 Å². The molecule has 0 bridgehead atoms. The Kier molecular flexibility index (Phi) is 4.36. The van der Waals surface area contributed by atoms with Crippen LogP contribution in [-0.2, 0) is 6.42 Å². The molecule has 1 N–H and O–H groups in total. The van der Waals surface area contributed by atoms with Crippen LogP contribution in [-0.4, -0.2) is 21.9 Å². The molecule has 4 rings (SSSR count). The van der Waals surface area contributed by atoms with Crippen LogP contribution in [0.5, 0.6) is 0 Å². The number of amides is 1.